The number of nitrogens with one attached hydrogen (secondary N) is 1. The van der Waals surface area contributed by atoms with Crippen LogP contribution in [0.25, 0.3) is 0 Å². The minimum absolute atomic E-state index is 0.491. The molecule has 0 aromatic carbocycles. The summed E-state index contributed by atoms with van der Waals surface area (Å²) in [6, 6.07) is 1.07. The molecule has 1 N–H and O–H groups in total. The van der Waals surface area contributed by atoms with Crippen molar-refractivity contribution in [3.05, 3.63) is 0 Å². The van der Waals surface area contributed by atoms with Gasteiger partial charge in [0.2, 0.25) is 6.41 Å². The Balaban J connectivity index is 2.03. The van der Waals surface area contributed by atoms with Crippen LogP contribution < -0.4 is 5.32 Å². The van der Waals surface area contributed by atoms with Crippen LogP contribution in [-0.2, 0) is 4.79 Å². The van der Waals surface area contributed by atoms with E-state index in [0.717, 1.165) is 19.5 Å². The van der Waals surface area contributed by atoms with Gasteiger partial charge in [0.15, 0.2) is 0 Å². The van der Waals surface area contributed by atoms with Gasteiger partial charge in [-0.1, -0.05) is 12.8 Å². The molecular weight excluding hydrogens is 152 g/mol. The maximum atomic E-state index is 10.7. The summed E-state index contributed by atoms with van der Waals surface area (Å²) >= 11 is 0. The number of rotatable bonds is 1. The Morgan fingerprint density at radius 3 is 3.00 bits per heavy atom. The predicted octanol–water partition coefficient (Wildman–Crippen LogP) is 0.359. The minimum Gasteiger partial charge on any atom is -0.339 e. The fourth-order valence-corrected chi connectivity index (χ4v) is 2.42. The summed E-state index contributed by atoms with van der Waals surface area (Å²) in [5.74, 6) is 0. The van der Waals surface area contributed by atoms with E-state index in [1.54, 1.807) is 0 Å². The van der Waals surface area contributed by atoms with E-state index < -0.39 is 0 Å². The molecule has 0 bridgehead atoms. The lowest BCUT2D eigenvalue weighted by molar-refractivity contribution is -0.122. The molecule has 3 nitrogen and oxygen atoms in total. The van der Waals surface area contributed by atoms with E-state index in [1.807, 2.05) is 4.90 Å². The Morgan fingerprint density at radius 1 is 1.33 bits per heavy atom. The summed E-state index contributed by atoms with van der Waals surface area (Å²) in [5, 5.41) is 3.48. The largest absolute Gasteiger partial charge is 0.339 e. The van der Waals surface area contributed by atoms with E-state index in [2.05, 4.69) is 5.32 Å². The van der Waals surface area contributed by atoms with Crippen LogP contribution in [0.3, 0.4) is 0 Å². The van der Waals surface area contributed by atoms with E-state index in [9.17, 15) is 4.79 Å². The second kappa shape index (κ2) is 3.44. The van der Waals surface area contributed by atoms with Gasteiger partial charge in [-0.3, -0.25) is 4.79 Å². The third-order valence-electron chi connectivity index (χ3n) is 3.07. The van der Waals surface area contributed by atoms with Crippen molar-refractivity contribution in [3.8, 4) is 0 Å². The van der Waals surface area contributed by atoms with Crippen LogP contribution in [0.4, 0.5) is 0 Å². The van der Waals surface area contributed by atoms with Gasteiger partial charge in [0.1, 0.15) is 0 Å². The average molecular weight is 168 g/mol. The molecule has 0 aromatic heterocycles. The molecule has 1 aliphatic heterocycles. The number of amides is 1. The number of hydrogen-bond acceptors (Lipinski definition) is 2. The highest BCUT2D eigenvalue weighted by Gasteiger charge is 2.31. The van der Waals surface area contributed by atoms with E-state index in [-0.39, 0.29) is 0 Å². The van der Waals surface area contributed by atoms with Crippen LogP contribution in [0.2, 0.25) is 0 Å². The monoisotopic (exact) mass is 168 g/mol. The summed E-state index contributed by atoms with van der Waals surface area (Å²) < 4.78 is 0. The van der Waals surface area contributed by atoms with E-state index in [1.165, 1.54) is 25.7 Å². The summed E-state index contributed by atoms with van der Waals surface area (Å²) in [6.45, 7) is 1.87. The molecule has 0 radical (unpaired) electrons. The van der Waals surface area contributed by atoms with Gasteiger partial charge in [0.05, 0.1) is 0 Å². The molecule has 68 valence electrons. The summed E-state index contributed by atoms with van der Waals surface area (Å²) in [5.41, 5.74) is 0. The second-order valence-electron chi connectivity index (χ2n) is 3.76. The summed E-state index contributed by atoms with van der Waals surface area (Å²) in [7, 11) is 0. The zero-order valence-corrected chi connectivity index (χ0v) is 7.33. The van der Waals surface area contributed by atoms with Gasteiger partial charge in [-0.2, -0.15) is 0 Å². The number of carbonyl (C=O) groups excluding carboxylic acids is 1. The first kappa shape index (κ1) is 8.05. The lowest BCUT2D eigenvalue weighted by Gasteiger charge is -2.42. The molecule has 1 saturated heterocycles. The first-order valence-electron chi connectivity index (χ1n) is 4.86. The third kappa shape index (κ3) is 1.33. The predicted molar refractivity (Wildman–Crippen MR) is 46.8 cm³/mol. The van der Waals surface area contributed by atoms with Crippen LogP contribution >= 0.6 is 0 Å². The normalized spacial score (nSPS) is 35.8. The quantitative estimate of drug-likeness (QED) is 0.573. The highest BCUT2D eigenvalue weighted by Crippen LogP contribution is 2.24. The van der Waals surface area contributed by atoms with Crippen LogP contribution in [0.15, 0.2) is 0 Å². The van der Waals surface area contributed by atoms with Crippen molar-refractivity contribution < 1.29 is 4.79 Å². The van der Waals surface area contributed by atoms with Crippen molar-refractivity contribution in [1.29, 1.82) is 0 Å². The van der Waals surface area contributed by atoms with Gasteiger partial charge in [0, 0.05) is 25.2 Å². The molecule has 0 aromatic rings. The van der Waals surface area contributed by atoms with Gasteiger partial charge in [0.25, 0.3) is 0 Å². The SMILES string of the molecule is O=CN1CCNC2CCCCC21. The molecule has 1 saturated carbocycles. The van der Waals surface area contributed by atoms with E-state index in [0.29, 0.717) is 12.1 Å². The Hall–Kier alpha value is -0.570. The van der Waals surface area contributed by atoms with Crippen LogP contribution in [0.5, 0.6) is 0 Å². The van der Waals surface area contributed by atoms with Gasteiger partial charge < -0.3 is 10.2 Å². The Kier molecular flexibility index (Phi) is 2.30. The van der Waals surface area contributed by atoms with E-state index >= 15 is 0 Å². The Labute approximate surface area is 73.1 Å². The maximum absolute atomic E-state index is 10.7. The number of carbonyl (C=O) groups is 1. The first-order valence-corrected chi connectivity index (χ1v) is 4.86. The third-order valence-corrected chi connectivity index (χ3v) is 3.07. The van der Waals surface area contributed by atoms with Crippen molar-refractivity contribution in [2.75, 3.05) is 13.1 Å². The van der Waals surface area contributed by atoms with Crippen molar-refractivity contribution in [2.45, 2.75) is 37.8 Å². The lowest BCUT2D eigenvalue weighted by Crippen LogP contribution is -2.58. The minimum atomic E-state index is 0.491. The van der Waals surface area contributed by atoms with Crippen molar-refractivity contribution in [1.82, 2.24) is 10.2 Å². The molecule has 2 atom stereocenters. The fraction of sp³-hybridized carbons (Fsp3) is 0.889. The number of hydrogen-bond donors (Lipinski definition) is 1. The van der Waals surface area contributed by atoms with Crippen LogP contribution in [-0.4, -0.2) is 36.5 Å². The topological polar surface area (TPSA) is 32.3 Å². The molecular formula is C9H16N2O. The van der Waals surface area contributed by atoms with Gasteiger partial charge >= 0.3 is 0 Å². The fourth-order valence-electron chi connectivity index (χ4n) is 2.42. The molecule has 2 rings (SSSR count). The number of fused-ring (bicyclic) bond motifs is 1. The van der Waals surface area contributed by atoms with Crippen molar-refractivity contribution >= 4 is 6.41 Å². The average Bonchev–Trinajstić information content (AvgIpc) is 2.17. The zero-order valence-electron chi connectivity index (χ0n) is 7.33. The molecule has 3 heteroatoms. The number of nitrogens with zero attached hydrogens (tertiary/aromatic N) is 1. The first-order chi connectivity index (χ1) is 5.92. The van der Waals surface area contributed by atoms with Crippen LogP contribution in [0, 0.1) is 0 Å². The molecule has 1 amide bonds. The molecule has 1 heterocycles. The van der Waals surface area contributed by atoms with E-state index in [4.69, 9.17) is 0 Å². The summed E-state index contributed by atoms with van der Waals surface area (Å²) in [6.07, 6.45) is 6.06. The van der Waals surface area contributed by atoms with Crippen molar-refractivity contribution in [3.63, 3.8) is 0 Å². The molecule has 2 unspecified atom stereocenters. The zero-order chi connectivity index (χ0) is 8.39. The Morgan fingerprint density at radius 2 is 2.17 bits per heavy atom. The van der Waals surface area contributed by atoms with Gasteiger partial charge in [-0.15, -0.1) is 0 Å². The van der Waals surface area contributed by atoms with Crippen molar-refractivity contribution in [2.24, 2.45) is 0 Å². The maximum Gasteiger partial charge on any atom is 0.210 e. The molecule has 2 aliphatic rings. The molecule has 1 aliphatic carbocycles. The molecule has 2 fully saturated rings. The smallest absolute Gasteiger partial charge is 0.210 e. The molecule has 0 spiro atoms. The number of piperazine rings is 1. The standard InChI is InChI=1S/C9H16N2O/c12-7-11-6-5-10-8-3-1-2-4-9(8)11/h7-10H,1-6H2. The van der Waals surface area contributed by atoms with Gasteiger partial charge in [-0.25, -0.2) is 0 Å². The lowest BCUT2D eigenvalue weighted by atomic mass is 9.88. The van der Waals surface area contributed by atoms with Gasteiger partial charge in [-0.05, 0) is 12.8 Å². The highest BCUT2D eigenvalue weighted by atomic mass is 16.1. The summed E-state index contributed by atoms with van der Waals surface area (Å²) in [4.78, 5) is 12.7. The Bertz CT molecular complexity index is 170. The molecule has 12 heavy (non-hydrogen) atoms. The van der Waals surface area contributed by atoms with Crippen LogP contribution in [0.1, 0.15) is 25.7 Å². The highest BCUT2D eigenvalue weighted by molar-refractivity contribution is 5.48. The second-order valence-corrected chi connectivity index (χ2v) is 3.76.